The zero-order chi connectivity index (χ0) is 14.5. The fourth-order valence-corrected chi connectivity index (χ4v) is 1.90. The number of hydrogen-bond donors (Lipinski definition) is 2. The average Bonchev–Trinajstić information content (AvgIpc) is 2.86. The Morgan fingerprint density at radius 2 is 2.35 bits per heavy atom. The van der Waals surface area contributed by atoms with Crippen LogP contribution in [0.5, 0.6) is 0 Å². The lowest BCUT2D eigenvalue weighted by molar-refractivity contribution is 0.102. The number of methoxy groups -OCH3 is 1. The molecule has 2 rings (SSSR count). The number of rotatable bonds is 5. The second-order valence-corrected chi connectivity index (χ2v) is 4.94. The molecule has 0 radical (unpaired) electrons. The lowest BCUT2D eigenvalue weighted by atomic mass is 10.2. The van der Waals surface area contributed by atoms with Gasteiger partial charge in [0.2, 0.25) is 0 Å². The van der Waals surface area contributed by atoms with Gasteiger partial charge < -0.3 is 15.8 Å². The Labute approximate surface area is 124 Å². The van der Waals surface area contributed by atoms with Gasteiger partial charge in [-0.05, 0) is 22.0 Å². The molecule has 0 bridgehead atoms. The first-order chi connectivity index (χ1) is 9.60. The Kier molecular flexibility index (Phi) is 4.70. The molecule has 0 aliphatic heterocycles. The number of amides is 1. The number of nitrogens with two attached hydrogens (primary N) is 1. The summed E-state index contributed by atoms with van der Waals surface area (Å²) in [6.45, 7) is 1.17. The van der Waals surface area contributed by atoms with Crippen molar-refractivity contribution < 1.29 is 9.53 Å². The van der Waals surface area contributed by atoms with Crippen LogP contribution in [-0.4, -0.2) is 34.4 Å². The number of pyridine rings is 1. The fraction of sp³-hybridized carbons (Fsp3) is 0.250. The molecule has 2 aromatic rings. The van der Waals surface area contributed by atoms with Crippen molar-refractivity contribution in [2.75, 3.05) is 24.8 Å². The van der Waals surface area contributed by atoms with Gasteiger partial charge in [0, 0.05) is 24.0 Å². The van der Waals surface area contributed by atoms with Gasteiger partial charge in [-0.2, -0.15) is 5.10 Å². The Hall–Kier alpha value is -1.93. The summed E-state index contributed by atoms with van der Waals surface area (Å²) in [6, 6.07) is 1.62. The summed E-state index contributed by atoms with van der Waals surface area (Å²) in [5, 5.41) is 6.83. The van der Waals surface area contributed by atoms with Gasteiger partial charge in [0.05, 0.1) is 30.6 Å². The van der Waals surface area contributed by atoms with Gasteiger partial charge >= 0.3 is 0 Å². The highest BCUT2D eigenvalue weighted by molar-refractivity contribution is 9.10. The van der Waals surface area contributed by atoms with E-state index in [1.807, 2.05) is 0 Å². The summed E-state index contributed by atoms with van der Waals surface area (Å²) >= 11 is 3.25. The third kappa shape index (κ3) is 3.55. The van der Waals surface area contributed by atoms with Gasteiger partial charge in [-0.15, -0.1) is 0 Å². The van der Waals surface area contributed by atoms with Crippen LogP contribution in [0.3, 0.4) is 0 Å². The highest BCUT2D eigenvalue weighted by atomic mass is 79.9. The van der Waals surface area contributed by atoms with Crippen molar-refractivity contribution in [1.82, 2.24) is 14.8 Å². The predicted octanol–water partition coefficient (Wildman–Crippen LogP) is 1.52. The van der Waals surface area contributed by atoms with Crippen molar-refractivity contribution in [3.63, 3.8) is 0 Å². The van der Waals surface area contributed by atoms with E-state index in [0.717, 1.165) is 0 Å². The summed E-state index contributed by atoms with van der Waals surface area (Å²) in [4.78, 5) is 16.0. The second-order valence-electron chi connectivity index (χ2n) is 4.03. The molecule has 0 saturated carbocycles. The van der Waals surface area contributed by atoms with E-state index >= 15 is 0 Å². The van der Waals surface area contributed by atoms with E-state index in [0.29, 0.717) is 28.9 Å². The largest absolute Gasteiger partial charge is 0.383 e. The van der Waals surface area contributed by atoms with Gasteiger partial charge in [0.15, 0.2) is 0 Å². The molecular formula is C12H14BrN5O2. The number of nitrogens with one attached hydrogen (secondary N) is 1. The van der Waals surface area contributed by atoms with Crippen LogP contribution in [0.25, 0.3) is 0 Å². The first kappa shape index (κ1) is 14.5. The third-order valence-electron chi connectivity index (χ3n) is 2.55. The molecule has 8 heteroatoms. The van der Waals surface area contributed by atoms with Gasteiger partial charge in [0.25, 0.3) is 5.91 Å². The topological polar surface area (TPSA) is 95.1 Å². The molecule has 20 heavy (non-hydrogen) atoms. The van der Waals surface area contributed by atoms with Gasteiger partial charge in [-0.3, -0.25) is 9.48 Å². The summed E-state index contributed by atoms with van der Waals surface area (Å²) in [6.07, 6.45) is 4.82. The maximum Gasteiger partial charge on any atom is 0.259 e. The number of carbonyl (C=O) groups excluding carboxylic acids is 1. The fourth-order valence-electron chi connectivity index (χ4n) is 1.57. The molecule has 0 spiro atoms. The third-order valence-corrected chi connectivity index (χ3v) is 2.98. The van der Waals surface area contributed by atoms with Crippen molar-refractivity contribution in [1.29, 1.82) is 0 Å². The van der Waals surface area contributed by atoms with E-state index in [9.17, 15) is 4.79 Å². The number of anilines is 2. The van der Waals surface area contributed by atoms with Crippen LogP contribution >= 0.6 is 15.9 Å². The molecule has 0 aromatic carbocycles. The number of nitrogen functional groups attached to an aromatic ring is 1. The molecular weight excluding hydrogens is 326 g/mol. The molecule has 0 saturated heterocycles. The van der Waals surface area contributed by atoms with E-state index in [2.05, 4.69) is 31.3 Å². The van der Waals surface area contributed by atoms with E-state index in [1.54, 1.807) is 30.3 Å². The van der Waals surface area contributed by atoms with Crippen LogP contribution in [0, 0.1) is 0 Å². The lowest BCUT2D eigenvalue weighted by Gasteiger charge is -2.05. The molecule has 0 unspecified atom stereocenters. The average molecular weight is 340 g/mol. The van der Waals surface area contributed by atoms with Crippen molar-refractivity contribution in [3.8, 4) is 0 Å². The smallest absolute Gasteiger partial charge is 0.259 e. The molecule has 7 nitrogen and oxygen atoms in total. The monoisotopic (exact) mass is 339 g/mol. The van der Waals surface area contributed by atoms with Crippen LogP contribution in [0.4, 0.5) is 11.5 Å². The Bertz CT molecular complexity index is 614. The van der Waals surface area contributed by atoms with Crippen LogP contribution in [0.1, 0.15) is 10.4 Å². The van der Waals surface area contributed by atoms with E-state index in [1.165, 1.54) is 6.20 Å². The maximum atomic E-state index is 12.1. The number of aromatic nitrogens is 3. The zero-order valence-corrected chi connectivity index (χ0v) is 12.4. The van der Waals surface area contributed by atoms with Gasteiger partial charge in [-0.1, -0.05) is 0 Å². The van der Waals surface area contributed by atoms with Crippen LogP contribution in [-0.2, 0) is 11.3 Å². The molecule has 0 aliphatic carbocycles. The first-order valence-corrected chi connectivity index (χ1v) is 6.63. The molecule has 1 amide bonds. The summed E-state index contributed by atoms with van der Waals surface area (Å²) in [5.41, 5.74) is 6.58. The minimum Gasteiger partial charge on any atom is -0.383 e. The summed E-state index contributed by atoms with van der Waals surface area (Å²) in [7, 11) is 1.62. The molecule has 0 aliphatic rings. The Balaban J connectivity index is 2.07. The molecule has 106 valence electrons. The first-order valence-electron chi connectivity index (χ1n) is 5.84. The van der Waals surface area contributed by atoms with Crippen molar-refractivity contribution in [3.05, 3.63) is 34.7 Å². The molecule has 2 heterocycles. The number of hydrogen-bond acceptors (Lipinski definition) is 5. The number of nitrogens with zero attached hydrogens (tertiary/aromatic N) is 3. The van der Waals surface area contributed by atoms with E-state index < -0.39 is 0 Å². The number of carbonyl (C=O) groups is 1. The molecule has 0 atom stereocenters. The minimum atomic E-state index is -0.331. The quantitative estimate of drug-likeness (QED) is 0.861. The SMILES string of the molecule is COCCn1cc(NC(=O)c2cc(Br)cnc2N)cn1. The zero-order valence-electron chi connectivity index (χ0n) is 10.8. The van der Waals surface area contributed by atoms with Crippen molar-refractivity contribution in [2.45, 2.75) is 6.54 Å². The van der Waals surface area contributed by atoms with E-state index in [-0.39, 0.29) is 11.7 Å². The van der Waals surface area contributed by atoms with Gasteiger partial charge in [0.1, 0.15) is 5.82 Å². The second kappa shape index (κ2) is 6.49. The van der Waals surface area contributed by atoms with Crippen LogP contribution in [0.15, 0.2) is 29.1 Å². The van der Waals surface area contributed by atoms with Gasteiger partial charge in [-0.25, -0.2) is 4.98 Å². The maximum absolute atomic E-state index is 12.1. The van der Waals surface area contributed by atoms with Crippen LogP contribution < -0.4 is 11.1 Å². The Morgan fingerprint density at radius 3 is 3.10 bits per heavy atom. The predicted molar refractivity (Wildman–Crippen MR) is 78.4 cm³/mol. The molecule has 0 fully saturated rings. The lowest BCUT2D eigenvalue weighted by Crippen LogP contribution is -2.14. The molecule has 2 aromatic heterocycles. The van der Waals surface area contributed by atoms with Crippen LogP contribution in [0.2, 0.25) is 0 Å². The summed E-state index contributed by atoms with van der Waals surface area (Å²) < 4.78 is 7.33. The molecule has 3 N–H and O–H groups in total. The normalized spacial score (nSPS) is 10.5. The Morgan fingerprint density at radius 1 is 1.55 bits per heavy atom. The highest BCUT2D eigenvalue weighted by Gasteiger charge is 2.12. The standard InChI is InChI=1S/C12H14BrN5O2/c1-20-3-2-18-7-9(6-16-18)17-12(19)10-4-8(13)5-15-11(10)14/h4-7H,2-3H2,1H3,(H2,14,15)(H,17,19). The van der Waals surface area contributed by atoms with Crippen molar-refractivity contribution in [2.24, 2.45) is 0 Å². The highest BCUT2D eigenvalue weighted by Crippen LogP contribution is 2.17. The summed E-state index contributed by atoms with van der Waals surface area (Å²) in [5.74, 6) is -0.153. The number of halogens is 1. The minimum absolute atomic E-state index is 0.178. The van der Waals surface area contributed by atoms with Crippen molar-refractivity contribution >= 4 is 33.3 Å². The van der Waals surface area contributed by atoms with E-state index in [4.69, 9.17) is 10.5 Å². The number of ether oxygens (including phenoxy) is 1.